The molecular formula is C8H11ClN4O3. The van der Waals surface area contributed by atoms with Crippen molar-refractivity contribution in [1.82, 2.24) is 9.97 Å². The maximum atomic E-state index is 10.6. The van der Waals surface area contributed by atoms with Crippen molar-refractivity contribution in [2.45, 2.75) is 6.92 Å². The highest BCUT2D eigenvalue weighted by atomic mass is 35.5. The zero-order valence-electron chi connectivity index (χ0n) is 8.64. The summed E-state index contributed by atoms with van der Waals surface area (Å²) in [6, 6.07) is 0. The number of nitrogens with zero attached hydrogens (tertiary/aromatic N) is 3. The van der Waals surface area contributed by atoms with E-state index in [2.05, 4.69) is 15.3 Å². The van der Waals surface area contributed by atoms with Crippen LogP contribution in [0.1, 0.15) is 6.92 Å². The van der Waals surface area contributed by atoms with Crippen LogP contribution in [0.4, 0.5) is 11.5 Å². The summed E-state index contributed by atoms with van der Waals surface area (Å²) in [4.78, 5) is 17.3. The molecule has 0 unspecified atom stereocenters. The summed E-state index contributed by atoms with van der Waals surface area (Å²) in [5, 5.41) is 13.4. The van der Waals surface area contributed by atoms with Crippen LogP contribution in [0, 0.1) is 10.1 Å². The third kappa shape index (κ3) is 3.59. The van der Waals surface area contributed by atoms with Crippen molar-refractivity contribution in [1.29, 1.82) is 0 Å². The van der Waals surface area contributed by atoms with Crippen LogP contribution in [0.25, 0.3) is 0 Å². The van der Waals surface area contributed by atoms with E-state index in [9.17, 15) is 10.1 Å². The molecule has 0 aliphatic rings. The van der Waals surface area contributed by atoms with Gasteiger partial charge in [-0.2, -0.15) is 4.98 Å². The minimum Gasteiger partial charge on any atom is -0.380 e. The van der Waals surface area contributed by atoms with Gasteiger partial charge in [0.1, 0.15) is 6.20 Å². The van der Waals surface area contributed by atoms with Gasteiger partial charge in [0.25, 0.3) is 0 Å². The SMILES string of the molecule is CCOCCNc1nc(Cl)ncc1[N+](=O)[O-]. The lowest BCUT2D eigenvalue weighted by atomic mass is 10.4. The van der Waals surface area contributed by atoms with Crippen molar-refractivity contribution >= 4 is 23.1 Å². The summed E-state index contributed by atoms with van der Waals surface area (Å²) in [7, 11) is 0. The van der Waals surface area contributed by atoms with Gasteiger partial charge in [-0.25, -0.2) is 4.98 Å². The molecule has 0 aromatic carbocycles. The summed E-state index contributed by atoms with van der Waals surface area (Å²) >= 11 is 5.55. The molecule has 0 radical (unpaired) electrons. The van der Waals surface area contributed by atoms with Crippen LogP contribution in [-0.2, 0) is 4.74 Å². The lowest BCUT2D eigenvalue weighted by molar-refractivity contribution is -0.384. The van der Waals surface area contributed by atoms with Gasteiger partial charge in [0.2, 0.25) is 11.1 Å². The molecule has 1 aromatic rings. The Kier molecular flexibility index (Phi) is 4.87. The van der Waals surface area contributed by atoms with Crippen LogP contribution in [0.5, 0.6) is 0 Å². The molecule has 0 aliphatic heterocycles. The Morgan fingerprint density at radius 2 is 2.44 bits per heavy atom. The zero-order chi connectivity index (χ0) is 12.0. The second kappa shape index (κ2) is 6.19. The van der Waals surface area contributed by atoms with Crippen molar-refractivity contribution < 1.29 is 9.66 Å². The quantitative estimate of drug-likeness (QED) is 0.354. The summed E-state index contributed by atoms with van der Waals surface area (Å²) in [5.74, 6) is 0.102. The number of hydrogen-bond acceptors (Lipinski definition) is 6. The van der Waals surface area contributed by atoms with Crippen molar-refractivity contribution in [2.24, 2.45) is 0 Å². The fourth-order valence-corrected chi connectivity index (χ4v) is 1.14. The summed E-state index contributed by atoms with van der Waals surface area (Å²) in [6.07, 6.45) is 1.07. The van der Waals surface area contributed by atoms with Gasteiger partial charge in [-0.15, -0.1) is 0 Å². The Morgan fingerprint density at radius 3 is 3.06 bits per heavy atom. The first-order chi connectivity index (χ1) is 7.65. The molecule has 1 rings (SSSR count). The molecule has 1 aromatic heterocycles. The van der Waals surface area contributed by atoms with E-state index in [0.717, 1.165) is 6.20 Å². The molecule has 0 spiro atoms. The number of rotatable bonds is 6. The Balaban J connectivity index is 2.68. The molecule has 1 N–H and O–H groups in total. The van der Waals surface area contributed by atoms with Crippen LogP contribution in [0.15, 0.2) is 6.20 Å². The summed E-state index contributed by atoms with van der Waals surface area (Å²) in [6.45, 7) is 3.32. The molecule has 8 heteroatoms. The Hall–Kier alpha value is -1.47. The Labute approximate surface area is 97.0 Å². The first-order valence-corrected chi connectivity index (χ1v) is 5.01. The molecule has 1 heterocycles. The Morgan fingerprint density at radius 1 is 1.69 bits per heavy atom. The van der Waals surface area contributed by atoms with Gasteiger partial charge in [0.05, 0.1) is 11.5 Å². The van der Waals surface area contributed by atoms with E-state index in [-0.39, 0.29) is 16.8 Å². The highest BCUT2D eigenvalue weighted by Crippen LogP contribution is 2.21. The van der Waals surface area contributed by atoms with E-state index in [4.69, 9.17) is 16.3 Å². The Bertz CT molecular complexity index is 374. The van der Waals surface area contributed by atoms with Gasteiger partial charge >= 0.3 is 5.69 Å². The number of nitro groups is 1. The monoisotopic (exact) mass is 246 g/mol. The number of hydrogen-bond donors (Lipinski definition) is 1. The largest absolute Gasteiger partial charge is 0.380 e. The number of ether oxygens (including phenoxy) is 1. The molecular weight excluding hydrogens is 236 g/mol. The lowest BCUT2D eigenvalue weighted by Gasteiger charge is -2.05. The van der Waals surface area contributed by atoms with Crippen molar-refractivity contribution in [3.8, 4) is 0 Å². The van der Waals surface area contributed by atoms with Gasteiger partial charge in [-0.1, -0.05) is 0 Å². The predicted octanol–water partition coefficient (Wildman–Crippen LogP) is 1.49. The first-order valence-electron chi connectivity index (χ1n) is 4.63. The standard InChI is InChI=1S/C8H11ClN4O3/c1-2-16-4-3-10-7-6(13(14)15)5-11-8(9)12-7/h5H,2-4H2,1H3,(H,10,11,12). The second-order valence-electron chi connectivity index (χ2n) is 2.75. The molecule has 0 atom stereocenters. The van der Waals surface area contributed by atoms with E-state index in [1.54, 1.807) is 0 Å². The molecule has 0 amide bonds. The second-order valence-corrected chi connectivity index (χ2v) is 3.09. The first kappa shape index (κ1) is 12.6. The van der Waals surface area contributed by atoms with E-state index in [0.29, 0.717) is 19.8 Å². The smallest absolute Gasteiger partial charge is 0.329 e. The third-order valence-corrected chi connectivity index (χ3v) is 1.86. The zero-order valence-corrected chi connectivity index (χ0v) is 9.40. The van der Waals surface area contributed by atoms with Crippen LogP contribution in [0.2, 0.25) is 5.28 Å². The van der Waals surface area contributed by atoms with E-state index >= 15 is 0 Å². The third-order valence-electron chi connectivity index (χ3n) is 1.68. The molecule has 88 valence electrons. The van der Waals surface area contributed by atoms with Crippen LogP contribution in [-0.4, -0.2) is 34.6 Å². The normalized spacial score (nSPS) is 10.1. The number of halogens is 1. The molecule has 0 saturated carbocycles. The molecule has 0 bridgehead atoms. The average Bonchev–Trinajstić information content (AvgIpc) is 2.24. The van der Waals surface area contributed by atoms with Crippen LogP contribution >= 0.6 is 11.6 Å². The molecule has 0 aliphatic carbocycles. The van der Waals surface area contributed by atoms with Gasteiger partial charge in [0, 0.05) is 13.2 Å². The summed E-state index contributed by atoms with van der Waals surface area (Å²) < 4.78 is 5.08. The molecule has 0 fully saturated rings. The minimum atomic E-state index is -0.570. The van der Waals surface area contributed by atoms with Crippen molar-refractivity contribution in [2.75, 3.05) is 25.1 Å². The number of nitrogens with one attached hydrogen (secondary N) is 1. The molecule has 16 heavy (non-hydrogen) atoms. The van der Waals surface area contributed by atoms with Gasteiger partial charge < -0.3 is 10.1 Å². The van der Waals surface area contributed by atoms with E-state index in [1.807, 2.05) is 6.92 Å². The number of aromatic nitrogens is 2. The van der Waals surface area contributed by atoms with Crippen LogP contribution in [0.3, 0.4) is 0 Å². The highest BCUT2D eigenvalue weighted by molar-refractivity contribution is 6.28. The van der Waals surface area contributed by atoms with Crippen molar-refractivity contribution in [3.63, 3.8) is 0 Å². The number of anilines is 1. The lowest BCUT2D eigenvalue weighted by Crippen LogP contribution is -2.12. The minimum absolute atomic E-state index is 0.0375. The fraction of sp³-hybridized carbons (Fsp3) is 0.500. The van der Waals surface area contributed by atoms with Crippen molar-refractivity contribution in [3.05, 3.63) is 21.6 Å². The predicted molar refractivity (Wildman–Crippen MR) is 58.7 cm³/mol. The van der Waals surface area contributed by atoms with Gasteiger partial charge in [-0.05, 0) is 18.5 Å². The van der Waals surface area contributed by atoms with Gasteiger partial charge in [0.15, 0.2) is 0 Å². The van der Waals surface area contributed by atoms with Gasteiger partial charge in [-0.3, -0.25) is 10.1 Å². The molecule has 7 nitrogen and oxygen atoms in total. The summed E-state index contributed by atoms with van der Waals surface area (Å²) in [5.41, 5.74) is -0.208. The topological polar surface area (TPSA) is 90.2 Å². The highest BCUT2D eigenvalue weighted by Gasteiger charge is 2.16. The fourth-order valence-electron chi connectivity index (χ4n) is 1.00. The van der Waals surface area contributed by atoms with E-state index < -0.39 is 4.92 Å². The molecule has 0 saturated heterocycles. The average molecular weight is 247 g/mol. The van der Waals surface area contributed by atoms with E-state index in [1.165, 1.54) is 0 Å². The maximum Gasteiger partial charge on any atom is 0.329 e. The van der Waals surface area contributed by atoms with Crippen LogP contribution < -0.4 is 5.32 Å². The maximum absolute atomic E-state index is 10.6.